The summed E-state index contributed by atoms with van der Waals surface area (Å²) in [6.07, 6.45) is 0. The molecule has 0 saturated carbocycles. The van der Waals surface area contributed by atoms with Crippen molar-refractivity contribution in [3.05, 3.63) is 72.4 Å². The van der Waals surface area contributed by atoms with E-state index in [0.717, 1.165) is 22.6 Å². The molecular formula is C20H19N7. The summed E-state index contributed by atoms with van der Waals surface area (Å²) in [7, 11) is 0. The fourth-order valence-corrected chi connectivity index (χ4v) is 2.67. The van der Waals surface area contributed by atoms with Gasteiger partial charge in [-0.25, -0.2) is 4.98 Å². The minimum absolute atomic E-state index is 0.501. The van der Waals surface area contributed by atoms with E-state index >= 15 is 0 Å². The molecule has 2 aromatic carbocycles. The molecule has 0 unspecified atom stereocenters. The third-order valence-electron chi connectivity index (χ3n) is 3.94. The van der Waals surface area contributed by atoms with Crippen LogP contribution in [0.15, 0.2) is 66.7 Å². The zero-order valence-corrected chi connectivity index (χ0v) is 14.8. The molecule has 0 radical (unpaired) electrons. The molecule has 4 aromatic rings. The van der Waals surface area contributed by atoms with Crippen LogP contribution in [0.25, 0.3) is 11.3 Å². The van der Waals surface area contributed by atoms with Crippen LogP contribution in [0.1, 0.15) is 5.69 Å². The topological polar surface area (TPSA) is 105 Å². The summed E-state index contributed by atoms with van der Waals surface area (Å²) in [5.74, 6) is 1.85. The molecular weight excluding hydrogens is 338 g/mol. The largest absolute Gasteiger partial charge is 0.399 e. The van der Waals surface area contributed by atoms with Gasteiger partial charge in [0.1, 0.15) is 5.82 Å². The van der Waals surface area contributed by atoms with Gasteiger partial charge < -0.3 is 16.4 Å². The first kappa shape index (κ1) is 16.6. The summed E-state index contributed by atoms with van der Waals surface area (Å²) in [5, 5.41) is 13.7. The average molecular weight is 357 g/mol. The zero-order valence-electron chi connectivity index (χ0n) is 14.8. The number of aromatic amines is 1. The predicted molar refractivity (Wildman–Crippen MR) is 108 cm³/mol. The van der Waals surface area contributed by atoms with Gasteiger partial charge in [0.15, 0.2) is 5.82 Å². The molecule has 27 heavy (non-hydrogen) atoms. The number of hydrogen-bond acceptors (Lipinski definition) is 6. The monoisotopic (exact) mass is 357 g/mol. The van der Waals surface area contributed by atoms with Crippen molar-refractivity contribution < 1.29 is 0 Å². The van der Waals surface area contributed by atoms with Gasteiger partial charge in [-0.2, -0.15) is 10.1 Å². The molecule has 2 heterocycles. The first-order valence-corrected chi connectivity index (χ1v) is 8.52. The van der Waals surface area contributed by atoms with Crippen LogP contribution in [0, 0.1) is 6.92 Å². The highest BCUT2D eigenvalue weighted by molar-refractivity contribution is 5.65. The number of H-pyrrole nitrogens is 1. The Morgan fingerprint density at radius 1 is 0.852 bits per heavy atom. The molecule has 0 spiro atoms. The van der Waals surface area contributed by atoms with Gasteiger partial charge in [-0.15, -0.1) is 0 Å². The van der Waals surface area contributed by atoms with Crippen molar-refractivity contribution in [3.8, 4) is 11.3 Å². The Morgan fingerprint density at radius 2 is 1.63 bits per heavy atom. The maximum Gasteiger partial charge on any atom is 0.229 e. The van der Waals surface area contributed by atoms with Crippen LogP contribution in [0.3, 0.4) is 0 Å². The molecule has 0 aliphatic carbocycles. The molecule has 7 heteroatoms. The number of aryl methyl sites for hydroxylation is 1. The van der Waals surface area contributed by atoms with Crippen LogP contribution in [0.5, 0.6) is 0 Å². The zero-order chi connectivity index (χ0) is 18.6. The van der Waals surface area contributed by atoms with Crippen LogP contribution < -0.4 is 16.4 Å². The average Bonchev–Trinajstić information content (AvgIpc) is 3.12. The van der Waals surface area contributed by atoms with Gasteiger partial charge >= 0.3 is 0 Å². The van der Waals surface area contributed by atoms with Gasteiger partial charge in [-0.3, -0.25) is 5.10 Å². The van der Waals surface area contributed by atoms with Gasteiger partial charge in [0.25, 0.3) is 0 Å². The molecule has 0 aliphatic heterocycles. The SMILES string of the molecule is Cc1cc(Nc2cc(-c3ccccc3)[nH]n2)nc(Nc2ccc(N)cc2)n1. The molecule has 7 nitrogen and oxygen atoms in total. The fourth-order valence-electron chi connectivity index (χ4n) is 2.67. The molecule has 134 valence electrons. The van der Waals surface area contributed by atoms with Crippen LogP contribution in [0.4, 0.5) is 29.0 Å². The van der Waals surface area contributed by atoms with Crippen molar-refractivity contribution in [2.45, 2.75) is 6.92 Å². The van der Waals surface area contributed by atoms with E-state index in [1.807, 2.05) is 73.7 Å². The number of aromatic nitrogens is 4. The number of benzene rings is 2. The third-order valence-corrected chi connectivity index (χ3v) is 3.94. The Hall–Kier alpha value is -3.87. The van der Waals surface area contributed by atoms with Crippen molar-refractivity contribution in [2.24, 2.45) is 0 Å². The van der Waals surface area contributed by atoms with E-state index in [0.29, 0.717) is 23.3 Å². The minimum atomic E-state index is 0.501. The van der Waals surface area contributed by atoms with Gasteiger partial charge in [-0.05, 0) is 36.8 Å². The van der Waals surface area contributed by atoms with Crippen molar-refractivity contribution in [1.29, 1.82) is 0 Å². The van der Waals surface area contributed by atoms with Crippen LogP contribution in [0.2, 0.25) is 0 Å². The second-order valence-corrected chi connectivity index (χ2v) is 6.12. The molecule has 0 amide bonds. The molecule has 2 aromatic heterocycles. The van der Waals surface area contributed by atoms with Gasteiger partial charge in [0.2, 0.25) is 5.95 Å². The standard InChI is InChI=1S/C20H19N7/c1-13-11-18(25-20(22-13)23-16-9-7-15(21)8-10-16)24-19-12-17(26-27-19)14-5-3-2-4-6-14/h2-12H,21H2,1H3,(H3,22,23,24,25,26,27). The van der Waals surface area contributed by atoms with Crippen LogP contribution in [-0.2, 0) is 0 Å². The smallest absolute Gasteiger partial charge is 0.229 e. The Balaban J connectivity index is 1.53. The lowest BCUT2D eigenvalue weighted by Gasteiger charge is -2.09. The van der Waals surface area contributed by atoms with E-state index in [-0.39, 0.29) is 0 Å². The van der Waals surface area contributed by atoms with Gasteiger partial charge in [-0.1, -0.05) is 30.3 Å². The second kappa shape index (κ2) is 7.17. The Bertz CT molecular complexity index is 1040. The molecule has 0 bridgehead atoms. The number of nitrogen functional groups attached to an aromatic ring is 1. The maximum atomic E-state index is 5.72. The molecule has 0 aliphatic rings. The predicted octanol–water partition coefficient (Wildman–Crippen LogP) is 4.24. The summed E-state index contributed by atoms with van der Waals surface area (Å²) in [5.41, 5.74) is 10.1. The van der Waals surface area contributed by atoms with E-state index in [4.69, 9.17) is 5.73 Å². The molecule has 0 atom stereocenters. The number of hydrogen-bond donors (Lipinski definition) is 4. The molecule has 4 rings (SSSR count). The Morgan fingerprint density at radius 3 is 2.41 bits per heavy atom. The highest BCUT2D eigenvalue weighted by Gasteiger charge is 2.07. The van der Waals surface area contributed by atoms with E-state index in [1.54, 1.807) is 0 Å². The molecule has 0 fully saturated rings. The normalized spacial score (nSPS) is 10.6. The van der Waals surface area contributed by atoms with Crippen LogP contribution >= 0.6 is 0 Å². The minimum Gasteiger partial charge on any atom is -0.399 e. The fraction of sp³-hybridized carbons (Fsp3) is 0.0500. The highest BCUT2D eigenvalue weighted by atomic mass is 15.2. The second-order valence-electron chi connectivity index (χ2n) is 6.12. The third kappa shape index (κ3) is 4.04. The summed E-state index contributed by atoms with van der Waals surface area (Å²) in [4.78, 5) is 8.93. The number of anilines is 5. The summed E-state index contributed by atoms with van der Waals surface area (Å²) in [6, 6.07) is 21.3. The van der Waals surface area contributed by atoms with Crippen molar-refractivity contribution >= 4 is 29.0 Å². The number of nitrogens with two attached hydrogens (primary N) is 1. The van der Waals surface area contributed by atoms with E-state index < -0.39 is 0 Å². The number of nitrogens with zero attached hydrogens (tertiary/aromatic N) is 3. The first-order chi connectivity index (χ1) is 13.2. The Labute approximate surface area is 156 Å². The van der Waals surface area contributed by atoms with Crippen molar-refractivity contribution in [3.63, 3.8) is 0 Å². The van der Waals surface area contributed by atoms with E-state index in [9.17, 15) is 0 Å². The van der Waals surface area contributed by atoms with Crippen molar-refractivity contribution in [2.75, 3.05) is 16.4 Å². The lowest BCUT2D eigenvalue weighted by atomic mass is 10.2. The lowest BCUT2D eigenvalue weighted by molar-refractivity contribution is 1.08. The number of rotatable bonds is 5. The quantitative estimate of drug-likeness (QED) is 0.398. The van der Waals surface area contributed by atoms with E-state index in [2.05, 4.69) is 30.8 Å². The maximum absolute atomic E-state index is 5.72. The van der Waals surface area contributed by atoms with Gasteiger partial charge in [0, 0.05) is 29.2 Å². The summed E-state index contributed by atoms with van der Waals surface area (Å²) >= 11 is 0. The highest BCUT2D eigenvalue weighted by Crippen LogP contribution is 2.22. The lowest BCUT2D eigenvalue weighted by Crippen LogP contribution is -2.02. The molecule has 0 saturated heterocycles. The summed E-state index contributed by atoms with van der Waals surface area (Å²) < 4.78 is 0. The van der Waals surface area contributed by atoms with Gasteiger partial charge in [0.05, 0.1) is 5.69 Å². The van der Waals surface area contributed by atoms with Crippen LogP contribution in [-0.4, -0.2) is 20.2 Å². The summed E-state index contributed by atoms with van der Waals surface area (Å²) in [6.45, 7) is 1.92. The molecule has 5 N–H and O–H groups in total. The number of nitrogens with one attached hydrogen (secondary N) is 3. The van der Waals surface area contributed by atoms with E-state index in [1.165, 1.54) is 0 Å². The Kier molecular flexibility index (Phi) is 4.40. The first-order valence-electron chi connectivity index (χ1n) is 8.52. The van der Waals surface area contributed by atoms with Crippen molar-refractivity contribution in [1.82, 2.24) is 20.2 Å².